The van der Waals surface area contributed by atoms with Gasteiger partial charge in [-0.3, -0.25) is 4.79 Å². The van der Waals surface area contributed by atoms with Gasteiger partial charge in [0.1, 0.15) is 17.1 Å². The Morgan fingerprint density at radius 2 is 1.86 bits per heavy atom. The minimum absolute atomic E-state index is 0.155. The topological polar surface area (TPSA) is 60.7 Å². The van der Waals surface area contributed by atoms with Crippen LogP contribution >= 0.6 is 0 Å². The van der Waals surface area contributed by atoms with Gasteiger partial charge in [0.25, 0.3) is 0 Å². The van der Waals surface area contributed by atoms with Crippen molar-refractivity contribution in [3.63, 3.8) is 0 Å². The van der Waals surface area contributed by atoms with E-state index >= 15 is 0 Å². The fourth-order valence-corrected chi connectivity index (χ4v) is 4.04. The van der Waals surface area contributed by atoms with Crippen LogP contribution in [0.15, 0.2) is 65.3 Å². The Bertz CT molecular complexity index is 1440. The Kier molecular flexibility index (Phi) is 6.87. The van der Waals surface area contributed by atoms with Crippen molar-refractivity contribution in [2.45, 2.75) is 20.8 Å². The summed E-state index contributed by atoms with van der Waals surface area (Å²) in [6, 6.07) is 12.8. The number of nitrogens with one attached hydrogen (secondary N) is 1. The third-order valence-corrected chi connectivity index (χ3v) is 5.69. The molecule has 0 saturated carbocycles. The molecule has 1 amide bonds. The summed E-state index contributed by atoms with van der Waals surface area (Å²) < 4.78 is 44.1. The van der Waals surface area contributed by atoms with Gasteiger partial charge in [0, 0.05) is 45.5 Å². The van der Waals surface area contributed by atoms with Gasteiger partial charge in [0.05, 0.1) is 20.0 Å². The number of fused-ring (bicyclic) bond motifs is 1. The van der Waals surface area contributed by atoms with Gasteiger partial charge in [0.15, 0.2) is 11.6 Å². The van der Waals surface area contributed by atoms with Gasteiger partial charge in [-0.05, 0) is 50.6 Å². The van der Waals surface area contributed by atoms with E-state index in [1.54, 1.807) is 20.3 Å². The van der Waals surface area contributed by atoms with Crippen molar-refractivity contribution < 1.29 is 27.5 Å². The van der Waals surface area contributed by atoms with E-state index in [1.807, 2.05) is 44.2 Å². The maximum atomic E-state index is 13.5. The van der Waals surface area contributed by atoms with Crippen molar-refractivity contribution in [2.24, 2.45) is 0 Å². The summed E-state index contributed by atoms with van der Waals surface area (Å²) in [5.74, 6) is -1.18. The number of carbonyl (C=O) groups excluding carboxylic acids is 1. The van der Waals surface area contributed by atoms with E-state index < -0.39 is 17.5 Å². The molecule has 4 rings (SSSR count). The lowest BCUT2D eigenvalue weighted by Gasteiger charge is -2.15. The summed E-state index contributed by atoms with van der Waals surface area (Å²) in [5, 5.41) is 3.41. The molecule has 0 aliphatic rings. The van der Waals surface area contributed by atoms with Crippen molar-refractivity contribution in [3.8, 4) is 22.6 Å². The smallest absolute Gasteiger partial charge is 0.248 e. The highest BCUT2D eigenvalue weighted by Crippen LogP contribution is 2.42. The molecule has 0 spiro atoms. The van der Waals surface area contributed by atoms with Crippen LogP contribution in [0.3, 0.4) is 0 Å². The average molecular weight is 478 g/mol. The second-order valence-corrected chi connectivity index (χ2v) is 7.98. The molecule has 4 aromatic rings. The highest BCUT2D eigenvalue weighted by Gasteiger charge is 2.20. The van der Waals surface area contributed by atoms with Crippen LogP contribution in [0.5, 0.6) is 11.5 Å². The number of amides is 1. The van der Waals surface area contributed by atoms with E-state index in [0.717, 1.165) is 39.8 Å². The van der Waals surface area contributed by atoms with Crippen LogP contribution in [0, 0.1) is 18.6 Å². The molecule has 1 heterocycles. The quantitative estimate of drug-likeness (QED) is 0.288. The summed E-state index contributed by atoms with van der Waals surface area (Å²) in [7, 11) is 1.61. The molecule has 180 valence electrons. The minimum atomic E-state index is -1.04. The van der Waals surface area contributed by atoms with Crippen LogP contribution in [-0.4, -0.2) is 19.6 Å². The summed E-state index contributed by atoms with van der Waals surface area (Å²) in [6.07, 6.45) is 3.08. The molecule has 1 N–H and O–H groups in total. The first-order chi connectivity index (χ1) is 16.8. The van der Waals surface area contributed by atoms with E-state index in [1.165, 1.54) is 12.1 Å². The maximum absolute atomic E-state index is 13.5. The first-order valence-electron chi connectivity index (χ1n) is 11.1. The van der Waals surface area contributed by atoms with Gasteiger partial charge in [-0.2, -0.15) is 0 Å². The van der Waals surface area contributed by atoms with Crippen LogP contribution in [0.25, 0.3) is 27.7 Å². The Hall–Kier alpha value is -4.13. The Balaban J connectivity index is 1.79. The van der Waals surface area contributed by atoms with Gasteiger partial charge in [-0.25, -0.2) is 8.78 Å². The fourth-order valence-electron chi connectivity index (χ4n) is 4.04. The second-order valence-electron chi connectivity index (χ2n) is 7.98. The maximum Gasteiger partial charge on any atom is 0.248 e. The van der Waals surface area contributed by atoms with Crippen LogP contribution in [0.4, 0.5) is 14.5 Å². The number of halogens is 2. The van der Waals surface area contributed by atoms with E-state index in [9.17, 15) is 13.6 Å². The Morgan fingerprint density at radius 1 is 1.09 bits per heavy atom. The summed E-state index contributed by atoms with van der Waals surface area (Å²) in [4.78, 5) is 12.7. The average Bonchev–Trinajstić information content (AvgIpc) is 3.27. The molecule has 7 heteroatoms. The molecule has 3 aromatic carbocycles. The number of aryl methyl sites for hydroxylation is 1. The van der Waals surface area contributed by atoms with Crippen LogP contribution in [0.1, 0.15) is 25.0 Å². The molecule has 0 radical (unpaired) electrons. The molecule has 0 atom stereocenters. The molecule has 0 fully saturated rings. The van der Waals surface area contributed by atoms with Gasteiger partial charge in [0.2, 0.25) is 5.91 Å². The number of para-hydroxylation sites is 1. The van der Waals surface area contributed by atoms with Crippen LogP contribution in [0.2, 0.25) is 0 Å². The van der Waals surface area contributed by atoms with Crippen molar-refractivity contribution in [1.82, 2.24) is 0 Å². The molecule has 0 bridgehead atoms. The summed E-state index contributed by atoms with van der Waals surface area (Å²) in [6.45, 7) is 6.00. The number of hydrogen-bond donors (Lipinski definition) is 1. The minimum Gasteiger partial charge on any atom is -0.496 e. The largest absolute Gasteiger partial charge is 0.496 e. The molecule has 35 heavy (non-hydrogen) atoms. The van der Waals surface area contributed by atoms with Gasteiger partial charge >= 0.3 is 0 Å². The first-order valence-corrected chi connectivity index (χ1v) is 11.1. The fraction of sp³-hybridized carbons (Fsp3) is 0.179. The Labute approximate surface area is 202 Å². The molecule has 1 aromatic heterocycles. The predicted octanol–water partition coefficient (Wildman–Crippen LogP) is 7.14. The molecule has 0 aliphatic carbocycles. The number of benzene rings is 3. The number of hydrogen-bond acceptors (Lipinski definition) is 4. The molecular formula is C28H25F2NO4. The standard InChI is InChI=1S/C28H25F2NO4/c1-5-34-27-17(3)28-21(22(15-35-28)19-8-6-7-9-25(19)33-4)14-20(27)16(2)12-26(32)31-18-10-11-23(29)24(30)13-18/h6-15H,5H2,1-4H3,(H,31,32)/b16-12+. The van der Waals surface area contributed by atoms with E-state index in [4.69, 9.17) is 13.9 Å². The zero-order valence-electron chi connectivity index (χ0n) is 19.9. The second kappa shape index (κ2) is 10.0. The van der Waals surface area contributed by atoms with Gasteiger partial charge in [-0.1, -0.05) is 18.2 Å². The van der Waals surface area contributed by atoms with Crippen molar-refractivity contribution in [3.05, 3.63) is 83.6 Å². The van der Waals surface area contributed by atoms with E-state index in [2.05, 4.69) is 5.32 Å². The molecule has 0 unspecified atom stereocenters. The van der Waals surface area contributed by atoms with Crippen molar-refractivity contribution in [2.75, 3.05) is 19.0 Å². The number of carbonyl (C=O) groups is 1. The predicted molar refractivity (Wildman–Crippen MR) is 133 cm³/mol. The van der Waals surface area contributed by atoms with Gasteiger partial charge in [-0.15, -0.1) is 0 Å². The highest BCUT2D eigenvalue weighted by atomic mass is 19.2. The third-order valence-electron chi connectivity index (χ3n) is 5.69. The summed E-state index contributed by atoms with van der Waals surface area (Å²) in [5.41, 5.74) is 4.71. The van der Waals surface area contributed by atoms with Crippen molar-refractivity contribution >= 4 is 28.1 Å². The van der Waals surface area contributed by atoms with Crippen molar-refractivity contribution in [1.29, 1.82) is 0 Å². The zero-order valence-corrected chi connectivity index (χ0v) is 19.9. The third kappa shape index (κ3) is 4.75. The number of methoxy groups -OCH3 is 1. The number of furan rings is 1. The van der Waals surface area contributed by atoms with E-state index in [-0.39, 0.29) is 5.69 Å². The van der Waals surface area contributed by atoms with E-state index in [0.29, 0.717) is 29.3 Å². The lowest BCUT2D eigenvalue weighted by atomic mass is 9.96. The molecule has 0 saturated heterocycles. The Morgan fingerprint density at radius 3 is 2.57 bits per heavy atom. The number of rotatable bonds is 7. The SMILES string of the molecule is CCOc1c(/C(C)=C/C(=O)Nc2ccc(F)c(F)c2)cc2c(-c3ccccc3OC)coc2c1C. The normalized spacial score (nSPS) is 11.5. The number of ether oxygens (including phenoxy) is 2. The highest BCUT2D eigenvalue weighted by molar-refractivity contribution is 6.06. The lowest BCUT2D eigenvalue weighted by molar-refractivity contribution is -0.111. The van der Waals surface area contributed by atoms with Gasteiger partial charge < -0.3 is 19.2 Å². The number of anilines is 1. The number of allylic oxidation sites excluding steroid dienone is 1. The monoisotopic (exact) mass is 477 g/mol. The summed E-state index contributed by atoms with van der Waals surface area (Å²) >= 11 is 0. The zero-order chi connectivity index (χ0) is 25.1. The van der Waals surface area contributed by atoms with Crippen LogP contribution < -0.4 is 14.8 Å². The molecule has 0 aliphatic heterocycles. The van der Waals surface area contributed by atoms with Crippen LogP contribution in [-0.2, 0) is 4.79 Å². The lowest BCUT2D eigenvalue weighted by Crippen LogP contribution is -2.09. The molecule has 5 nitrogen and oxygen atoms in total. The first kappa shape index (κ1) is 24.0. The molecular weight excluding hydrogens is 452 g/mol.